The quantitative estimate of drug-likeness (QED) is 0.790. The molecule has 0 radical (unpaired) electrons. The standard InChI is InChI=1S/C8H9F3N2S/c9-8(10,11)6-4-14-7(13-6)5-2-1-3-12-5/h4-5,12H,1-3H2. The third-order valence-corrected chi connectivity index (χ3v) is 3.13. The van der Waals surface area contributed by atoms with Crippen LogP contribution in [0.15, 0.2) is 5.38 Å². The largest absolute Gasteiger partial charge is 0.434 e. The minimum atomic E-state index is -4.31. The summed E-state index contributed by atoms with van der Waals surface area (Å²) >= 11 is 1.08. The lowest BCUT2D eigenvalue weighted by atomic mass is 10.2. The van der Waals surface area contributed by atoms with Crippen molar-refractivity contribution < 1.29 is 13.2 Å². The Morgan fingerprint density at radius 3 is 2.79 bits per heavy atom. The minimum absolute atomic E-state index is 0.0242. The molecule has 14 heavy (non-hydrogen) atoms. The molecule has 1 aliphatic rings. The third-order valence-electron chi connectivity index (χ3n) is 2.17. The number of hydrogen-bond acceptors (Lipinski definition) is 3. The molecule has 1 N–H and O–H groups in total. The zero-order chi connectivity index (χ0) is 10.2. The first-order valence-corrected chi connectivity index (χ1v) is 5.21. The number of rotatable bonds is 1. The first kappa shape index (κ1) is 9.92. The Kier molecular flexibility index (Phi) is 2.48. The number of nitrogens with zero attached hydrogens (tertiary/aromatic N) is 1. The van der Waals surface area contributed by atoms with Crippen LogP contribution in [0.2, 0.25) is 0 Å². The van der Waals surface area contributed by atoms with Crippen molar-refractivity contribution in [2.75, 3.05) is 6.54 Å². The van der Waals surface area contributed by atoms with E-state index in [1.165, 1.54) is 0 Å². The summed E-state index contributed by atoms with van der Waals surface area (Å²) in [6.45, 7) is 0.867. The molecule has 0 amide bonds. The Hall–Kier alpha value is -0.620. The Balaban J connectivity index is 2.17. The molecule has 0 spiro atoms. The summed E-state index contributed by atoms with van der Waals surface area (Å²) in [4.78, 5) is 3.59. The third kappa shape index (κ3) is 1.90. The molecule has 6 heteroatoms. The van der Waals surface area contributed by atoms with E-state index in [0.717, 1.165) is 36.1 Å². The van der Waals surface area contributed by atoms with Crippen LogP contribution in [0.4, 0.5) is 13.2 Å². The molecule has 2 heterocycles. The predicted octanol–water partition coefficient (Wildman–Crippen LogP) is 2.59. The molecule has 1 atom stereocenters. The van der Waals surface area contributed by atoms with Gasteiger partial charge in [0.05, 0.1) is 6.04 Å². The molecular weight excluding hydrogens is 213 g/mol. The van der Waals surface area contributed by atoms with Crippen LogP contribution in [0.25, 0.3) is 0 Å². The van der Waals surface area contributed by atoms with E-state index in [1.807, 2.05) is 0 Å². The van der Waals surface area contributed by atoms with E-state index in [1.54, 1.807) is 0 Å². The van der Waals surface area contributed by atoms with E-state index < -0.39 is 11.9 Å². The summed E-state index contributed by atoms with van der Waals surface area (Å²) in [6.07, 6.45) is -2.43. The molecule has 1 unspecified atom stereocenters. The second-order valence-corrected chi connectivity index (χ2v) is 4.11. The fraction of sp³-hybridized carbons (Fsp3) is 0.625. The summed E-state index contributed by atoms with van der Waals surface area (Å²) in [6, 6.07) is 0.0242. The molecule has 1 aliphatic heterocycles. The zero-order valence-corrected chi connectivity index (χ0v) is 8.08. The van der Waals surface area contributed by atoms with Crippen LogP contribution in [0.5, 0.6) is 0 Å². The highest BCUT2D eigenvalue weighted by Gasteiger charge is 2.34. The van der Waals surface area contributed by atoms with Gasteiger partial charge in [0.2, 0.25) is 0 Å². The molecule has 1 aromatic rings. The Labute approximate surface area is 83.2 Å². The molecule has 2 nitrogen and oxygen atoms in total. The summed E-state index contributed by atoms with van der Waals surface area (Å²) in [5.41, 5.74) is -0.772. The van der Waals surface area contributed by atoms with Crippen LogP contribution in [0.1, 0.15) is 29.6 Å². The molecule has 2 rings (SSSR count). The number of thiazole rings is 1. The SMILES string of the molecule is FC(F)(F)c1csc(C2CCCN2)n1. The number of halogens is 3. The van der Waals surface area contributed by atoms with Crippen LogP contribution in [0.3, 0.4) is 0 Å². The lowest BCUT2D eigenvalue weighted by Gasteiger charge is -2.05. The molecule has 0 aromatic carbocycles. The molecule has 1 aromatic heterocycles. The summed E-state index contributed by atoms with van der Waals surface area (Å²) in [7, 11) is 0. The second-order valence-electron chi connectivity index (χ2n) is 3.22. The van der Waals surface area contributed by atoms with Gasteiger partial charge in [-0.25, -0.2) is 4.98 Å². The van der Waals surface area contributed by atoms with Crippen LogP contribution in [-0.4, -0.2) is 11.5 Å². The molecule has 0 aliphatic carbocycles. The van der Waals surface area contributed by atoms with Crippen molar-refractivity contribution in [3.05, 3.63) is 16.1 Å². The summed E-state index contributed by atoms with van der Waals surface area (Å²) in [5, 5.41) is 4.75. The normalized spacial score (nSPS) is 22.9. The highest BCUT2D eigenvalue weighted by molar-refractivity contribution is 7.09. The maximum Gasteiger partial charge on any atom is 0.434 e. The van der Waals surface area contributed by atoms with Crippen molar-refractivity contribution in [1.82, 2.24) is 10.3 Å². The Bertz CT molecular complexity index is 315. The van der Waals surface area contributed by atoms with Crippen molar-refractivity contribution in [3.63, 3.8) is 0 Å². The number of alkyl halides is 3. The van der Waals surface area contributed by atoms with E-state index >= 15 is 0 Å². The average molecular weight is 222 g/mol. The predicted molar refractivity (Wildman–Crippen MR) is 47.1 cm³/mol. The van der Waals surface area contributed by atoms with Crippen molar-refractivity contribution in [2.45, 2.75) is 25.1 Å². The van der Waals surface area contributed by atoms with Gasteiger partial charge in [-0.1, -0.05) is 0 Å². The number of hydrogen-bond donors (Lipinski definition) is 1. The fourth-order valence-corrected chi connectivity index (χ4v) is 2.41. The van der Waals surface area contributed by atoms with Gasteiger partial charge in [0, 0.05) is 5.38 Å². The van der Waals surface area contributed by atoms with Crippen LogP contribution >= 0.6 is 11.3 Å². The topological polar surface area (TPSA) is 24.9 Å². The van der Waals surface area contributed by atoms with E-state index in [0.29, 0.717) is 5.01 Å². The maximum atomic E-state index is 12.2. The minimum Gasteiger partial charge on any atom is -0.308 e. The first-order chi connectivity index (χ1) is 6.57. The molecule has 0 saturated carbocycles. The maximum absolute atomic E-state index is 12.2. The highest BCUT2D eigenvalue weighted by Crippen LogP contribution is 2.33. The van der Waals surface area contributed by atoms with Gasteiger partial charge in [-0.2, -0.15) is 13.2 Å². The fourth-order valence-electron chi connectivity index (χ4n) is 1.47. The van der Waals surface area contributed by atoms with Gasteiger partial charge < -0.3 is 5.32 Å². The Morgan fingerprint density at radius 2 is 2.29 bits per heavy atom. The van der Waals surface area contributed by atoms with Gasteiger partial charge in [-0.15, -0.1) is 11.3 Å². The molecule has 1 fully saturated rings. The van der Waals surface area contributed by atoms with E-state index in [2.05, 4.69) is 10.3 Å². The summed E-state index contributed by atoms with van der Waals surface area (Å²) in [5.74, 6) is 0. The summed E-state index contributed by atoms with van der Waals surface area (Å²) < 4.78 is 36.6. The Morgan fingerprint density at radius 1 is 1.50 bits per heavy atom. The van der Waals surface area contributed by atoms with Gasteiger partial charge in [0.25, 0.3) is 0 Å². The van der Waals surface area contributed by atoms with Gasteiger partial charge >= 0.3 is 6.18 Å². The first-order valence-electron chi connectivity index (χ1n) is 4.33. The second kappa shape index (κ2) is 3.51. The van der Waals surface area contributed by atoms with Crippen LogP contribution in [-0.2, 0) is 6.18 Å². The van der Waals surface area contributed by atoms with Gasteiger partial charge in [0.15, 0.2) is 5.69 Å². The van der Waals surface area contributed by atoms with Crippen molar-refractivity contribution >= 4 is 11.3 Å². The van der Waals surface area contributed by atoms with Gasteiger partial charge in [-0.05, 0) is 19.4 Å². The van der Waals surface area contributed by atoms with Crippen molar-refractivity contribution in [2.24, 2.45) is 0 Å². The van der Waals surface area contributed by atoms with E-state index in [4.69, 9.17) is 0 Å². The monoisotopic (exact) mass is 222 g/mol. The van der Waals surface area contributed by atoms with Crippen molar-refractivity contribution in [1.29, 1.82) is 0 Å². The lowest BCUT2D eigenvalue weighted by molar-refractivity contribution is -0.140. The van der Waals surface area contributed by atoms with Crippen molar-refractivity contribution in [3.8, 4) is 0 Å². The molecule has 78 valence electrons. The molecule has 1 saturated heterocycles. The van der Waals surface area contributed by atoms with Gasteiger partial charge in [-0.3, -0.25) is 0 Å². The smallest absolute Gasteiger partial charge is 0.308 e. The van der Waals surface area contributed by atoms with Crippen LogP contribution in [0, 0.1) is 0 Å². The van der Waals surface area contributed by atoms with Crippen LogP contribution < -0.4 is 5.32 Å². The zero-order valence-electron chi connectivity index (χ0n) is 7.27. The molecular formula is C8H9F3N2S. The average Bonchev–Trinajstić information content (AvgIpc) is 2.73. The highest BCUT2D eigenvalue weighted by atomic mass is 32.1. The van der Waals surface area contributed by atoms with E-state index in [9.17, 15) is 13.2 Å². The lowest BCUT2D eigenvalue weighted by Crippen LogP contribution is -2.13. The molecule has 0 bridgehead atoms. The number of nitrogens with one attached hydrogen (secondary N) is 1. The van der Waals surface area contributed by atoms with Gasteiger partial charge in [0.1, 0.15) is 5.01 Å². The van der Waals surface area contributed by atoms with E-state index in [-0.39, 0.29) is 6.04 Å². The number of aromatic nitrogens is 1.